The van der Waals surface area contributed by atoms with E-state index >= 15 is 0 Å². The van der Waals surface area contributed by atoms with Crippen LogP contribution >= 0.6 is 0 Å². The second-order valence-electron chi connectivity index (χ2n) is 1.81. The lowest BCUT2D eigenvalue weighted by molar-refractivity contribution is 0.291. The monoisotopic (exact) mass is 185 g/mol. The molecule has 0 bridgehead atoms. The summed E-state index contributed by atoms with van der Waals surface area (Å²) >= 11 is 0. The Bertz CT molecular complexity index is 165. The van der Waals surface area contributed by atoms with Gasteiger partial charge in [0.25, 0.3) is 10.1 Å². The highest BCUT2D eigenvalue weighted by atomic mass is 32.2. The molecule has 0 fully saturated rings. The van der Waals surface area contributed by atoms with Crippen molar-refractivity contribution in [3.8, 4) is 0 Å². The number of rotatable bonds is 5. The molecule has 6 heteroatoms. The largest absolute Gasteiger partial charge is 0.395 e. The molecule has 11 heavy (non-hydrogen) atoms. The number of aliphatic hydroxyl groups excluding tert-OH is 1. The van der Waals surface area contributed by atoms with Gasteiger partial charge in [-0.1, -0.05) is 6.92 Å². The van der Waals surface area contributed by atoms with Gasteiger partial charge in [0.05, 0.1) is 19.0 Å². The molecule has 0 aromatic rings. The van der Waals surface area contributed by atoms with Gasteiger partial charge in [-0.3, -0.25) is 4.18 Å². The van der Waals surface area contributed by atoms with Crippen LogP contribution in [0.15, 0.2) is 0 Å². The summed E-state index contributed by atoms with van der Waals surface area (Å²) in [4.78, 5) is 0. The summed E-state index contributed by atoms with van der Waals surface area (Å²) in [5, 5.41) is 8.24. The zero-order valence-corrected chi connectivity index (χ0v) is 7.43. The molecule has 0 rings (SSSR count). The highest BCUT2D eigenvalue weighted by molar-refractivity contribution is 7.86. The molecule has 0 aliphatic rings. The second kappa shape index (κ2) is 6.53. The third-order valence-corrected chi connectivity index (χ3v) is 2.02. The van der Waals surface area contributed by atoms with Gasteiger partial charge >= 0.3 is 0 Å². The van der Waals surface area contributed by atoms with E-state index in [0.29, 0.717) is 6.42 Å². The van der Waals surface area contributed by atoms with Gasteiger partial charge in [-0.05, 0) is 6.42 Å². The molecule has 5 nitrogen and oxygen atoms in total. The van der Waals surface area contributed by atoms with Crippen LogP contribution in [0.1, 0.15) is 13.3 Å². The third-order valence-electron chi connectivity index (χ3n) is 0.808. The normalized spacial score (nSPS) is 10.7. The number of hydrogen-bond donors (Lipinski definition) is 2. The minimum absolute atomic E-state index is 0. The molecule has 0 spiro atoms. The van der Waals surface area contributed by atoms with Gasteiger partial charge in [0.2, 0.25) is 0 Å². The fourth-order valence-electron chi connectivity index (χ4n) is 0.381. The molecule has 0 saturated heterocycles. The van der Waals surface area contributed by atoms with Crippen molar-refractivity contribution in [2.24, 2.45) is 0 Å². The summed E-state index contributed by atoms with van der Waals surface area (Å²) in [6.07, 6.45) is 0.657. The molecule has 0 aromatic heterocycles. The Morgan fingerprint density at radius 2 is 2.00 bits per heavy atom. The van der Waals surface area contributed by atoms with Crippen LogP contribution < -0.4 is 6.15 Å². The van der Waals surface area contributed by atoms with Crippen molar-refractivity contribution < 1.29 is 17.7 Å². The predicted octanol–water partition coefficient (Wildman–Crippen LogP) is -0.103. The number of aliphatic hydroxyl groups is 1. The summed E-state index contributed by atoms with van der Waals surface area (Å²) in [6.45, 7) is 1.63. The maximum absolute atomic E-state index is 10.6. The van der Waals surface area contributed by atoms with Crippen molar-refractivity contribution in [1.29, 1.82) is 0 Å². The van der Waals surface area contributed by atoms with Crippen LogP contribution in [0.2, 0.25) is 0 Å². The summed E-state index contributed by atoms with van der Waals surface area (Å²) in [6, 6.07) is 0. The minimum Gasteiger partial charge on any atom is -0.395 e. The van der Waals surface area contributed by atoms with Crippen molar-refractivity contribution in [3.63, 3.8) is 0 Å². The van der Waals surface area contributed by atoms with Crippen LogP contribution in [0, 0.1) is 0 Å². The van der Waals surface area contributed by atoms with Crippen molar-refractivity contribution in [1.82, 2.24) is 6.15 Å². The van der Waals surface area contributed by atoms with E-state index in [2.05, 4.69) is 4.18 Å². The Labute approximate surface area is 67.1 Å². The second-order valence-corrected chi connectivity index (χ2v) is 3.57. The van der Waals surface area contributed by atoms with E-state index in [-0.39, 0.29) is 25.1 Å². The lowest BCUT2D eigenvalue weighted by Crippen LogP contribution is -2.13. The predicted molar refractivity (Wildman–Crippen MR) is 42.1 cm³/mol. The maximum atomic E-state index is 10.6. The Morgan fingerprint density at radius 3 is 2.36 bits per heavy atom. The molecule has 0 aliphatic heterocycles. The van der Waals surface area contributed by atoms with Gasteiger partial charge in [-0.2, -0.15) is 8.42 Å². The molecule has 0 saturated carbocycles. The van der Waals surface area contributed by atoms with Crippen molar-refractivity contribution in [3.05, 3.63) is 0 Å². The third kappa shape index (κ3) is 7.73. The van der Waals surface area contributed by atoms with Gasteiger partial charge in [-0.15, -0.1) is 0 Å². The molecule has 0 atom stereocenters. The summed E-state index contributed by atoms with van der Waals surface area (Å²) in [5.41, 5.74) is 0. The lowest BCUT2D eigenvalue weighted by atomic mass is 10.5. The molecule has 0 heterocycles. The maximum Gasteiger partial charge on any atom is 0.269 e. The first-order valence-corrected chi connectivity index (χ1v) is 4.68. The first kappa shape index (κ1) is 13.4. The molecule has 4 N–H and O–H groups in total. The van der Waals surface area contributed by atoms with E-state index in [1.54, 1.807) is 0 Å². The quantitative estimate of drug-likeness (QED) is 0.582. The highest BCUT2D eigenvalue weighted by Crippen LogP contribution is 1.92. The van der Waals surface area contributed by atoms with E-state index < -0.39 is 10.1 Å². The van der Waals surface area contributed by atoms with Crippen LogP contribution in [-0.2, 0) is 14.3 Å². The van der Waals surface area contributed by atoms with E-state index in [0.717, 1.165) is 0 Å². The first-order chi connectivity index (χ1) is 4.62. The average Bonchev–Trinajstić information content (AvgIpc) is 1.84. The Morgan fingerprint density at radius 1 is 1.45 bits per heavy atom. The van der Waals surface area contributed by atoms with Crippen molar-refractivity contribution in [2.45, 2.75) is 13.3 Å². The zero-order chi connectivity index (χ0) is 8.04. The Kier molecular flexibility index (Phi) is 7.97. The molecule has 70 valence electrons. The lowest BCUT2D eigenvalue weighted by Gasteiger charge is -2.00. The Balaban J connectivity index is 0. The van der Waals surface area contributed by atoms with E-state index in [9.17, 15) is 8.42 Å². The Hall–Kier alpha value is -0.170. The fraction of sp³-hybridized carbons (Fsp3) is 1.00. The fourth-order valence-corrected chi connectivity index (χ4v) is 1.14. The smallest absolute Gasteiger partial charge is 0.269 e. The summed E-state index contributed by atoms with van der Waals surface area (Å²) < 4.78 is 25.6. The average molecular weight is 185 g/mol. The molecule has 0 aliphatic carbocycles. The van der Waals surface area contributed by atoms with Gasteiger partial charge in [0, 0.05) is 0 Å². The molecule has 0 unspecified atom stereocenters. The van der Waals surface area contributed by atoms with Crippen LogP contribution in [0.5, 0.6) is 0 Å². The molecule has 0 aromatic carbocycles. The van der Waals surface area contributed by atoms with Gasteiger partial charge in [-0.25, -0.2) is 0 Å². The van der Waals surface area contributed by atoms with E-state index in [1.807, 2.05) is 6.92 Å². The van der Waals surface area contributed by atoms with E-state index in [4.69, 9.17) is 5.11 Å². The van der Waals surface area contributed by atoms with Gasteiger partial charge in [0.15, 0.2) is 0 Å². The zero-order valence-electron chi connectivity index (χ0n) is 6.62. The molecular formula is C5H15NO4S. The highest BCUT2D eigenvalue weighted by Gasteiger charge is 2.07. The SMILES string of the molecule is CCCOS(=O)(=O)CCO.N. The van der Waals surface area contributed by atoms with Gasteiger partial charge in [0.1, 0.15) is 0 Å². The number of hydrogen-bond acceptors (Lipinski definition) is 5. The summed E-state index contributed by atoms with van der Waals surface area (Å²) in [5.74, 6) is -0.312. The van der Waals surface area contributed by atoms with Crippen LogP contribution in [0.4, 0.5) is 0 Å². The van der Waals surface area contributed by atoms with E-state index in [1.165, 1.54) is 0 Å². The molecular weight excluding hydrogens is 170 g/mol. The molecule has 0 amide bonds. The minimum atomic E-state index is -3.44. The first-order valence-electron chi connectivity index (χ1n) is 3.10. The van der Waals surface area contributed by atoms with Crippen molar-refractivity contribution >= 4 is 10.1 Å². The van der Waals surface area contributed by atoms with Crippen LogP contribution in [0.3, 0.4) is 0 Å². The van der Waals surface area contributed by atoms with Crippen LogP contribution in [0.25, 0.3) is 0 Å². The van der Waals surface area contributed by atoms with Crippen molar-refractivity contribution in [2.75, 3.05) is 19.0 Å². The van der Waals surface area contributed by atoms with Crippen LogP contribution in [-0.4, -0.2) is 32.5 Å². The topological polar surface area (TPSA) is 98.6 Å². The standard InChI is InChI=1S/C5H12O4S.H3N/c1-2-4-9-10(7,8)5-3-6;/h6H,2-5H2,1H3;1H3. The van der Waals surface area contributed by atoms with Gasteiger partial charge < -0.3 is 11.3 Å². The summed E-state index contributed by atoms with van der Waals surface area (Å²) in [7, 11) is -3.44. The molecule has 0 radical (unpaired) electrons.